The molecule has 2 aromatic rings. The summed E-state index contributed by atoms with van der Waals surface area (Å²) in [4.78, 5) is 23.4. The number of allylic oxidation sites excluding steroid dienone is 1. The summed E-state index contributed by atoms with van der Waals surface area (Å²) in [5.41, 5.74) is 3.95. The summed E-state index contributed by atoms with van der Waals surface area (Å²) in [6, 6.07) is 17.9. The molecule has 0 bridgehead atoms. The quantitative estimate of drug-likeness (QED) is 0.831. The smallest absolute Gasteiger partial charge is 0.235 e. The highest BCUT2D eigenvalue weighted by Crippen LogP contribution is 2.29. The van der Waals surface area contributed by atoms with Gasteiger partial charge in [-0.25, -0.2) is 9.89 Å². The molecule has 4 rings (SSSR count). The highest BCUT2D eigenvalue weighted by atomic mass is 16.2. The number of amidine groups is 2. The molecule has 0 radical (unpaired) electrons. The molecule has 4 nitrogen and oxygen atoms in total. The number of hydrogen-bond acceptors (Lipinski definition) is 3. The summed E-state index contributed by atoms with van der Waals surface area (Å²) >= 11 is 0. The normalized spacial score (nSPS) is 17.0. The number of fused-ring (bicyclic) bond motifs is 3. The summed E-state index contributed by atoms with van der Waals surface area (Å²) in [7, 11) is 0. The van der Waals surface area contributed by atoms with E-state index >= 15 is 0 Å². The number of benzene rings is 2. The van der Waals surface area contributed by atoms with E-state index < -0.39 is 0 Å². The SMILES string of the molecule is CC(=CC1=Nc2ccccc2C2=NCCC(=O)N12)c1ccccc1. The van der Waals surface area contributed by atoms with Crippen molar-refractivity contribution < 1.29 is 4.79 Å². The predicted molar refractivity (Wildman–Crippen MR) is 96.5 cm³/mol. The van der Waals surface area contributed by atoms with Gasteiger partial charge in [-0.15, -0.1) is 0 Å². The Kier molecular flexibility index (Phi) is 3.58. The van der Waals surface area contributed by atoms with E-state index in [0.29, 0.717) is 24.6 Å². The van der Waals surface area contributed by atoms with E-state index in [9.17, 15) is 4.79 Å². The average molecular weight is 315 g/mol. The molecule has 2 aliphatic rings. The first-order valence-corrected chi connectivity index (χ1v) is 8.03. The fourth-order valence-electron chi connectivity index (χ4n) is 3.01. The highest BCUT2D eigenvalue weighted by Gasteiger charge is 2.32. The largest absolute Gasteiger partial charge is 0.274 e. The molecule has 118 valence electrons. The van der Waals surface area contributed by atoms with Gasteiger partial charge < -0.3 is 0 Å². The summed E-state index contributed by atoms with van der Waals surface area (Å²) < 4.78 is 0. The lowest BCUT2D eigenvalue weighted by Crippen LogP contribution is -2.46. The lowest BCUT2D eigenvalue weighted by atomic mass is 10.0. The number of amides is 1. The van der Waals surface area contributed by atoms with Gasteiger partial charge in [-0.3, -0.25) is 9.79 Å². The number of carbonyl (C=O) groups excluding carboxylic acids is 1. The third-order valence-electron chi connectivity index (χ3n) is 4.23. The zero-order chi connectivity index (χ0) is 16.5. The standard InChI is InChI=1S/C20H17N3O/c1-14(15-7-3-2-4-8-15)13-18-22-17-10-6-5-9-16(17)20-21-12-11-19(24)23(18)20/h2-10,13H,11-12H2,1H3. The second-order valence-corrected chi connectivity index (χ2v) is 5.87. The zero-order valence-corrected chi connectivity index (χ0v) is 13.4. The van der Waals surface area contributed by atoms with Crippen molar-refractivity contribution in [1.29, 1.82) is 0 Å². The van der Waals surface area contributed by atoms with Gasteiger partial charge in [0.1, 0.15) is 11.7 Å². The number of para-hydroxylation sites is 1. The van der Waals surface area contributed by atoms with Crippen molar-refractivity contribution in [3.05, 3.63) is 71.8 Å². The molecule has 0 atom stereocenters. The molecule has 0 aliphatic carbocycles. The minimum Gasteiger partial charge on any atom is -0.274 e. The summed E-state index contributed by atoms with van der Waals surface area (Å²) in [6.45, 7) is 2.57. The molecule has 1 amide bonds. The minimum atomic E-state index is 0.0466. The second-order valence-electron chi connectivity index (χ2n) is 5.87. The van der Waals surface area contributed by atoms with Gasteiger partial charge in [0.2, 0.25) is 5.91 Å². The summed E-state index contributed by atoms with van der Waals surface area (Å²) in [5.74, 6) is 1.40. The molecular weight excluding hydrogens is 298 g/mol. The van der Waals surface area contributed by atoms with Crippen LogP contribution in [0.15, 0.2) is 70.7 Å². The number of aliphatic imine (C=N–C) groups is 2. The van der Waals surface area contributed by atoms with Crippen LogP contribution in [0.4, 0.5) is 5.69 Å². The molecule has 0 aromatic heterocycles. The maximum Gasteiger partial charge on any atom is 0.235 e. The van der Waals surface area contributed by atoms with Crippen LogP contribution >= 0.6 is 0 Å². The summed E-state index contributed by atoms with van der Waals surface area (Å²) in [5, 5.41) is 0. The molecule has 0 N–H and O–H groups in total. The first-order valence-electron chi connectivity index (χ1n) is 8.03. The van der Waals surface area contributed by atoms with Crippen LogP contribution in [0.3, 0.4) is 0 Å². The van der Waals surface area contributed by atoms with Gasteiger partial charge in [-0.1, -0.05) is 42.5 Å². The molecule has 2 aliphatic heterocycles. The van der Waals surface area contributed by atoms with E-state index in [0.717, 1.165) is 22.4 Å². The fraction of sp³-hybridized carbons (Fsp3) is 0.150. The predicted octanol–water partition coefficient (Wildman–Crippen LogP) is 3.81. The van der Waals surface area contributed by atoms with Gasteiger partial charge in [-0.05, 0) is 36.3 Å². The molecule has 2 heterocycles. The monoisotopic (exact) mass is 315 g/mol. The third kappa shape index (κ3) is 2.46. The molecular formula is C20H17N3O. The molecule has 0 saturated heterocycles. The molecule has 0 spiro atoms. The van der Waals surface area contributed by atoms with Gasteiger partial charge in [-0.2, -0.15) is 0 Å². The Morgan fingerprint density at radius 3 is 2.67 bits per heavy atom. The number of rotatable bonds is 2. The Hall–Kier alpha value is -3.01. The van der Waals surface area contributed by atoms with E-state index in [-0.39, 0.29) is 5.91 Å². The highest BCUT2D eigenvalue weighted by molar-refractivity contribution is 6.27. The van der Waals surface area contributed by atoms with Gasteiger partial charge in [0, 0.05) is 12.0 Å². The van der Waals surface area contributed by atoms with Crippen molar-refractivity contribution in [2.75, 3.05) is 6.54 Å². The van der Waals surface area contributed by atoms with E-state index in [1.807, 2.05) is 55.5 Å². The van der Waals surface area contributed by atoms with Gasteiger partial charge >= 0.3 is 0 Å². The molecule has 4 heteroatoms. The first kappa shape index (κ1) is 14.6. The van der Waals surface area contributed by atoms with Crippen LogP contribution in [0.2, 0.25) is 0 Å². The van der Waals surface area contributed by atoms with Crippen LogP contribution in [-0.2, 0) is 4.79 Å². The lowest BCUT2D eigenvalue weighted by molar-refractivity contribution is -0.124. The number of hydrogen-bond donors (Lipinski definition) is 0. The van der Waals surface area contributed by atoms with Crippen LogP contribution < -0.4 is 0 Å². The third-order valence-corrected chi connectivity index (χ3v) is 4.23. The Balaban J connectivity index is 1.85. The van der Waals surface area contributed by atoms with Crippen LogP contribution in [0.5, 0.6) is 0 Å². The molecule has 0 saturated carbocycles. The fourth-order valence-corrected chi connectivity index (χ4v) is 3.01. The topological polar surface area (TPSA) is 45.0 Å². The Bertz CT molecular complexity index is 894. The Morgan fingerprint density at radius 1 is 1.08 bits per heavy atom. The van der Waals surface area contributed by atoms with Gasteiger partial charge in [0.25, 0.3) is 0 Å². The van der Waals surface area contributed by atoms with Crippen LogP contribution in [0, 0.1) is 0 Å². The average Bonchev–Trinajstić information content (AvgIpc) is 2.62. The molecule has 0 fully saturated rings. The van der Waals surface area contributed by atoms with Crippen molar-refractivity contribution in [3.8, 4) is 0 Å². The Morgan fingerprint density at radius 2 is 1.83 bits per heavy atom. The molecule has 0 unspecified atom stereocenters. The second kappa shape index (κ2) is 5.89. The van der Waals surface area contributed by atoms with Gasteiger partial charge in [0.05, 0.1) is 12.2 Å². The summed E-state index contributed by atoms with van der Waals surface area (Å²) in [6.07, 6.45) is 2.38. The van der Waals surface area contributed by atoms with Crippen molar-refractivity contribution >= 4 is 28.8 Å². The van der Waals surface area contributed by atoms with Crippen molar-refractivity contribution in [2.24, 2.45) is 9.98 Å². The Labute approximate surface area is 140 Å². The van der Waals surface area contributed by atoms with Crippen molar-refractivity contribution in [1.82, 2.24) is 4.90 Å². The zero-order valence-electron chi connectivity index (χ0n) is 13.4. The van der Waals surface area contributed by atoms with Crippen LogP contribution in [0.25, 0.3) is 5.57 Å². The van der Waals surface area contributed by atoms with Crippen molar-refractivity contribution in [2.45, 2.75) is 13.3 Å². The molecule has 24 heavy (non-hydrogen) atoms. The maximum atomic E-state index is 12.5. The van der Waals surface area contributed by atoms with E-state index in [1.165, 1.54) is 0 Å². The number of nitrogens with zero attached hydrogens (tertiary/aromatic N) is 3. The maximum absolute atomic E-state index is 12.5. The minimum absolute atomic E-state index is 0.0466. The van der Waals surface area contributed by atoms with Crippen molar-refractivity contribution in [3.63, 3.8) is 0 Å². The molecule has 2 aromatic carbocycles. The lowest BCUT2D eigenvalue weighted by Gasteiger charge is -2.31. The van der Waals surface area contributed by atoms with E-state index in [2.05, 4.69) is 17.1 Å². The first-order chi connectivity index (χ1) is 11.7. The van der Waals surface area contributed by atoms with Crippen LogP contribution in [0.1, 0.15) is 24.5 Å². The van der Waals surface area contributed by atoms with E-state index in [1.54, 1.807) is 4.90 Å². The van der Waals surface area contributed by atoms with Gasteiger partial charge in [0.15, 0.2) is 0 Å². The van der Waals surface area contributed by atoms with E-state index in [4.69, 9.17) is 4.99 Å². The van der Waals surface area contributed by atoms with Crippen LogP contribution in [-0.4, -0.2) is 29.0 Å². The number of carbonyl (C=O) groups is 1.